The molecule has 0 bridgehead atoms. The summed E-state index contributed by atoms with van der Waals surface area (Å²) in [6.07, 6.45) is 5.25. The number of aromatic nitrogens is 1. The monoisotopic (exact) mass is 413 g/mol. The minimum atomic E-state index is -0.902. The predicted octanol–water partition coefficient (Wildman–Crippen LogP) is 6.01. The highest BCUT2D eigenvalue weighted by atomic mass is 35.5. The minimum absolute atomic E-state index is 0.314. The molecule has 1 atom stereocenters. The zero-order valence-electron chi connectivity index (χ0n) is 15.9. The molecule has 0 fully saturated rings. The first-order chi connectivity index (χ1) is 13.6. The number of pyridine rings is 1. The Labute approximate surface area is 174 Å². The van der Waals surface area contributed by atoms with Crippen LogP contribution in [0.5, 0.6) is 0 Å². The number of hydrogen-bond donors (Lipinski definition) is 2. The second-order valence-corrected chi connectivity index (χ2v) is 8.26. The van der Waals surface area contributed by atoms with Gasteiger partial charge in [-0.05, 0) is 41.1 Å². The number of halogens is 1. The molecular formula is C23H24ClNO2S. The molecule has 1 unspecified atom stereocenters. The van der Waals surface area contributed by atoms with E-state index in [0.717, 1.165) is 51.2 Å². The van der Waals surface area contributed by atoms with E-state index in [-0.39, 0.29) is 6.61 Å². The summed E-state index contributed by atoms with van der Waals surface area (Å²) in [5.74, 6) is 0. The lowest BCUT2D eigenvalue weighted by molar-refractivity contribution is 0.0956. The number of allylic oxidation sites excluding steroid dienone is 3. The Morgan fingerprint density at radius 2 is 2.14 bits per heavy atom. The molecule has 0 aliphatic rings. The zero-order chi connectivity index (χ0) is 20.1. The molecule has 5 heteroatoms. The fraction of sp³-hybridized carbons (Fsp3) is 0.261. The lowest BCUT2D eigenvalue weighted by Crippen LogP contribution is -2.02. The summed E-state index contributed by atoms with van der Waals surface area (Å²) in [7, 11) is 0. The Kier molecular flexibility index (Phi) is 7.03. The van der Waals surface area contributed by atoms with Crippen molar-refractivity contribution in [3.05, 3.63) is 76.3 Å². The quantitative estimate of drug-likeness (QED) is 0.444. The highest BCUT2D eigenvalue weighted by Crippen LogP contribution is 2.36. The van der Waals surface area contributed by atoms with Crippen molar-refractivity contribution >= 4 is 33.0 Å². The van der Waals surface area contributed by atoms with Crippen LogP contribution in [-0.2, 0) is 6.42 Å². The van der Waals surface area contributed by atoms with Crippen molar-refractivity contribution < 1.29 is 10.2 Å². The van der Waals surface area contributed by atoms with Gasteiger partial charge in [-0.15, -0.1) is 11.3 Å². The number of benzene rings is 1. The molecule has 0 aliphatic carbocycles. The summed E-state index contributed by atoms with van der Waals surface area (Å²) >= 11 is 8.17. The second-order valence-electron chi connectivity index (χ2n) is 6.67. The maximum atomic E-state index is 9.94. The first-order valence-electron chi connectivity index (χ1n) is 9.34. The van der Waals surface area contributed by atoms with Gasteiger partial charge in [-0.2, -0.15) is 0 Å². The van der Waals surface area contributed by atoms with E-state index < -0.39 is 6.10 Å². The molecule has 0 saturated carbocycles. The number of nitrogens with zero attached hydrogens (tertiary/aromatic N) is 1. The first-order valence-corrected chi connectivity index (χ1v) is 10.5. The van der Waals surface area contributed by atoms with E-state index >= 15 is 0 Å². The fourth-order valence-corrected chi connectivity index (χ4v) is 4.69. The number of fused-ring (bicyclic) bond motifs is 1. The maximum Gasteiger partial charge on any atom is 0.102 e. The van der Waals surface area contributed by atoms with Gasteiger partial charge in [-0.25, -0.2) is 0 Å². The average molecular weight is 414 g/mol. The number of thiophene rings is 1. The van der Waals surface area contributed by atoms with Crippen LogP contribution in [0.3, 0.4) is 0 Å². The van der Waals surface area contributed by atoms with Gasteiger partial charge in [-0.3, -0.25) is 4.98 Å². The van der Waals surface area contributed by atoms with Crippen molar-refractivity contribution in [2.45, 2.75) is 32.3 Å². The Hall–Kier alpha value is -1.98. The fourth-order valence-electron chi connectivity index (χ4n) is 3.16. The van der Waals surface area contributed by atoms with Crippen LogP contribution >= 0.6 is 22.9 Å². The van der Waals surface area contributed by atoms with E-state index in [0.29, 0.717) is 5.56 Å². The summed E-state index contributed by atoms with van der Waals surface area (Å²) in [4.78, 5) is 5.70. The van der Waals surface area contributed by atoms with Gasteiger partial charge >= 0.3 is 0 Å². The van der Waals surface area contributed by atoms with Crippen molar-refractivity contribution in [1.29, 1.82) is 0 Å². The number of aliphatic hydroxyl groups is 2. The molecular weight excluding hydrogens is 390 g/mol. The summed E-state index contributed by atoms with van der Waals surface area (Å²) in [6.45, 7) is 5.72. The molecule has 0 aliphatic heterocycles. The smallest absolute Gasteiger partial charge is 0.102 e. The Bertz CT molecular complexity index is 1010. The molecule has 1 aromatic carbocycles. The Balaban J connectivity index is 2.01. The molecule has 0 saturated heterocycles. The van der Waals surface area contributed by atoms with Crippen LogP contribution in [0.1, 0.15) is 36.3 Å². The summed E-state index contributed by atoms with van der Waals surface area (Å²) < 4.78 is 1.15. The molecule has 2 N–H and O–H groups in total. The SMILES string of the molecule is C=C/C(Cc1cc2cccc(-c3cc(C(O)CO)ccn3)c2s1)=C(/Cl)CCC. The number of aliphatic hydroxyl groups excluding tert-OH is 2. The standard InChI is InChI=1S/C23H24ClNO2S/c1-3-6-20(24)15(4-2)11-18-12-17-7-5-8-19(23(17)28-18)21-13-16(9-10-25-21)22(27)14-26/h4-5,7-10,12-13,22,26-27H,2-3,6,11,14H2,1H3/b20-15-. The van der Waals surface area contributed by atoms with E-state index in [9.17, 15) is 10.2 Å². The van der Waals surface area contributed by atoms with Crippen molar-refractivity contribution in [2.24, 2.45) is 0 Å². The largest absolute Gasteiger partial charge is 0.393 e. The third-order valence-electron chi connectivity index (χ3n) is 4.64. The predicted molar refractivity (Wildman–Crippen MR) is 119 cm³/mol. The van der Waals surface area contributed by atoms with Gasteiger partial charge in [-0.1, -0.05) is 55.8 Å². The third kappa shape index (κ3) is 4.53. The van der Waals surface area contributed by atoms with Gasteiger partial charge in [0.15, 0.2) is 0 Å². The molecule has 3 nitrogen and oxygen atoms in total. The lowest BCUT2D eigenvalue weighted by atomic mass is 10.0. The van der Waals surface area contributed by atoms with E-state index in [2.05, 4.69) is 30.6 Å². The zero-order valence-corrected chi connectivity index (χ0v) is 17.4. The van der Waals surface area contributed by atoms with E-state index in [4.69, 9.17) is 11.6 Å². The summed E-state index contributed by atoms with van der Waals surface area (Å²) in [6, 6.07) is 11.9. The normalized spacial score (nSPS) is 13.4. The first kappa shape index (κ1) is 20.7. The van der Waals surface area contributed by atoms with Crippen LogP contribution in [0.15, 0.2) is 65.9 Å². The van der Waals surface area contributed by atoms with Crippen LogP contribution in [0, 0.1) is 0 Å². The molecule has 28 heavy (non-hydrogen) atoms. The summed E-state index contributed by atoms with van der Waals surface area (Å²) in [5.41, 5.74) is 3.53. The van der Waals surface area contributed by atoms with Gasteiger partial charge in [0.1, 0.15) is 6.10 Å². The Morgan fingerprint density at radius 3 is 2.86 bits per heavy atom. The third-order valence-corrected chi connectivity index (χ3v) is 6.26. The van der Waals surface area contributed by atoms with E-state index in [1.54, 1.807) is 23.6 Å². The molecule has 0 amide bonds. The van der Waals surface area contributed by atoms with Gasteiger partial charge in [0.25, 0.3) is 0 Å². The highest BCUT2D eigenvalue weighted by molar-refractivity contribution is 7.19. The number of rotatable bonds is 8. The highest BCUT2D eigenvalue weighted by Gasteiger charge is 2.13. The van der Waals surface area contributed by atoms with Crippen molar-refractivity contribution in [2.75, 3.05) is 6.61 Å². The molecule has 0 spiro atoms. The maximum absolute atomic E-state index is 9.94. The minimum Gasteiger partial charge on any atom is -0.393 e. The van der Waals surface area contributed by atoms with Gasteiger partial charge in [0.05, 0.1) is 12.3 Å². The van der Waals surface area contributed by atoms with E-state index in [1.807, 2.05) is 24.3 Å². The van der Waals surface area contributed by atoms with Crippen LogP contribution < -0.4 is 0 Å². The summed E-state index contributed by atoms with van der Waals surface area (Å²) in [5, 5.41) is 21.2. The second kappa shape index (κ2) is 9.48. The van der Waals surface area contributed by atoms with Crippen LogP contribution in [0.25, 0.3) is 21.3 Å². The molecule has 3 aromatic rings. The van der Waals surface area contributed by atoms with Crippen LogP contribution in [-0.4, -0.2) is 21.8 Å². The topological polar surface area (TPSA) is 53.4 Å². The van der Waals surface area contributed by atoms with Crippen molar-refractivity contribution in [1.82, 2.24) is 4.98 Å². The van der Waals surface area contributed by atoms with Gasteiger partial charge in [0.2, 0.25) is 0 Å². The molecule has 3 rings (SSSR count). The molecule has 2 heterocycles. The van der Waals surface area contributed by atoms with Crippen molar-refractivity contribution in [3.63, 3.8) is 0 Å². The van der Waals surface area contributed by atoms with Gasteiger partial charge in [0, 0.05) is 32.8 Å². The van der Waals surface area contributed by atoms with Crippen molar-refractivity contribution in [3.8, 4) is 11.3 Å². The molecule has 0 radical (unpaired) electrons. The lowest BCUT2D eigenvalue weighted by Gasteiger charge is -2.09. The molecule has 2 aromatic heterocycles. The Morgan fingerprint density at radius 1 is 1.32 bits per heavy atom. The molecule has 146 valence electrons. The number of hydrogen-bond acceptors (Lipinski definition) is 4. The average Bonchev–Trinajstić information content (AvgIpc) is 3.14. The van der Waals surface area contributed by atoms with E-state index in [1.165, 1.54) is 4.88 Å². The van der Waals surface area contributed by atoms with Gasteiger partial charge < -0.3 is 10.2 Å². The van der Waals surface area contributed by atoms with Crippen LogP contribution in [0.2, 0.25) is 0 Å². The van der Waals surface area contributed by atoms with Crippen LogP contribution in [0.4, 0.5) is 0 Å².